The van der Waals surface area contributed by atoms with Gasteiger partial charge in [0.1, 0.15) is 10.7 Å². The monoisotopic (exact) mass is 383 g/mol. The van der Waals surface area contributed by atoms with E-state index in [4.69, 9.17) is 4.42 Å². The van der Waals surface area contributed by atoms with Crippen LogP contribution < -0.4 is 0 Å². The first-order valence-corrected chi connectivity index (χ1v) is 8.94. The number of nitro groups is 1. The SMILES string of the molecule is O=C(c1ccc([N+](=O)[O-])o1)N1N=C(c2ccsc2)C[C@@H]1c1ccccc1O. The summed E-state index contributed by atoms with van der Waals surface area (Å²) in [5.74, 6) is -1.26. The van der Waals surface area contributed by atoms with Crippen molar-refractivity contribution in [3.63, 3.8) is 0 Å². The molecule has 1 aliphatic heterocycles. The molecule has 0 saturated heterocycles. The number of benzene rings is 1. The maximum Gasteiger partial charge on any atom is 0.433 e. The molecule has 3 heterocycles. The molecule has 0 aliphatic carbocycles. The van der Waals surface area contributed by atoms with Gasteiger partial charge in [0.15, 0.2) is 0 Å². The summed E-state index contributed by atoms with van der Waals surface area (Å²) in [5, 5.41) is 30.5. The molecule has 2 aromatic heterocycles. The van der Waals surface area contributed by atoms with Crippen LogP contribution in [0.4, 0.5) is 5.88 Å². The van der Waals surface area contributed by atoms with Crippen molar-refractivity contribution in [1.82, 2.24) is 5.01 Å². The Bertz CT molecular complexity index is 1040. The molecule has 0 saturated carbocycles. The highest BCUT2D eigenvalue weighted by Crippen LogP contribution is 2.38. The first kappa shape index (κ1) is 17.0. The smallest absolute Gasteiger partial charge is 0.433 e. The Morgan fingerprint density at radius 2 is 2.11 bits per heavy atom. The molecule has 0 bridgehead atoms. The van der Waals surface area contributed by atoms with Crippen molar-refractivity contribution < 1.29 is 19.2 Å². The minimum atomic E-state index is -0.707. The number of hydrogen-bond acceptors (Lipinski definition) is 7. The molecule has 136 valence electrons. The third-order valence-electron chi connectivity index (χ3n) is 4.25. The quantitative estimate of drug-likeness (QED) is 0.542. The summed E-state index contributed by atoms with van der Waals surface area (Å²) >= 11 is 1.51. The second-order valence-electron chi connectivity index (χ2n) is 5.88. The van der Waals surface area contributed by atoms with E-state index in [0.29, 0.717) is 17.7 Å². The summed E-state index contributed by atoms with van der Waals surface area (Å²) in [6.45, 7) is 0. The van der Waals surface area contributed by atoms with Gasteiger partial charge in [-0.2, -0.15) is 16.4 Å². The highest BCUT2D eigenvalue weighted by molar-refractivity contribution is 7.08. The highest BCUT2D eigenvalue weighted by Gasteiger charge is 2.36. The van der Waals surface area contributed by atoms with E-state index < -0.39 is 22.8 Å². The van der Waals surface area contributed by atoms with Gasteiger partial charge in [-0.05, 0) is 29.0 Å². The van der Waals surface area contributed by atoms with E-state index in [2.05, 4.69) is 5.10 Å². The van der Waals surface area contributed by atoms with E-state index >= 15 is 0 Å². The van der Waals surface area contributed by atoms with E-state index in [1.165, 1.54) is 28.5 Å². The fourth-order valence-corrected chi connectivity index (χ4v) is 3.63. The molecule has 0 fully saturated rings. The lowest BCUT2D eigenvalue weighted by atomic mass is 9.99. The van der Waals surface area contributed by atoms with E-state index in [1.54, 1.807) is 18.2 Å². The molecule has 9 heteroatoms. The minimum absolute atomic E-state index is 0.0486. The molecule has 1 N–H and O–H groups in total. The van der Waals surface area contributed by atoms with Crippen LogP contribution >= 0.6 is 11.3 Å². The number of thiophene rings is 1. The molecule has 1 atom stereocenters. The molecule has 1 amide bonds. The van der Waals surface area contributed by atoms with E-state index in [0.717, 1.165) is 11.6 Å². The molecule has 8 nitrogen and oxygen atoms in total. The Morgan fingerprint density at radius 3 is 2.78 bits per heavy atom. The Balaban J connectivity index is 1.73. The van der Waals surface area contributed by atoms with Gasteiger partial charge < -0.3 is 9.52 Å². The number of aromatic hydroxyl groups is 1. The Hall–Kier alpha value is -3.46. The maximum absolute atomic E-state index is 12.9. The van der Waals surface area contributed by atoms with Crippen molar-refractivity contribution in [2.75, 3.05) is 0 Å². The van der Waals surface area contributed by atoms with Crippen LogP contribution in [-0.2, 0) is 0 Å². The number of rotatable bonds is 4. The number of furan rings is 1. The first-order chi connectivity index (χ1) is 13.0. The molecule has 1 aliphatic rings. The van der Waals surface area contributed by atoms with Crippen molar-refractivity contribution >= 4 is 28.8 Å². The number of nitrogens with zero attached hydrogens (tertiary/aromatic N) is 3. The van der Waals surface area contributed by atoms with Gasteiger partial charge in [-0.3, -0.25) is 14.9 Å². The topological polar surface area (TPSA) is 109 Å². The Morgan fingerprint density at radius 1 is 1.30 bits per heavy atom. The lowest BCUT2D eigenvalue weighted by Gasteiger charge is -2.21. The summed E-state index contributed by atoms with van der Waals surface area (Å²) in [5.41, 5.74) is 2.13. The van der Waals surface area contributed by atoms with Gasteiger partial charge in [0.25, 0.3) is 0 Å². The fraction of sp³-hybridized carbons (Fsp3) is 0.111. The Labute approximate surface area is 157 Å². The highest BCUT2D eigenvalue weighted by atomic mass is 32.1. The normalized spacial score (nSPS) is 16.4. The van der Waals surface area contributed by atoms with Gasteiger partial charge in [0.05, 0.1) is 17.8 Å². The lowest BCUT2D eigenvalue weighted by Crippen LogP contribution is -2.26. The zero-order valence-corrected chi connectivity index (χ0v) is 14.6. The van der Waals surface area contributed by atoms with E-state index in [9.17, 15) is 20.0 Å². The molecule has 0 radical (unpaired) electrons. The van der Waals surface area contributed by atoms with Gasteiger partial charge in [-0.15, -0.1) is 0 Å². The van der Waals surface area contributed by atoms with Crippen LogP contribution in [0, 0.1) is 10.1 Å². The van der Waals surface area contributed by atoms with Crippen molar-refractivity contribution in [1.29, 1.82) is 0 Å². The van der Waals surface area contributed by atoms with E-state index in [-0.39, 0.29) is 11.5 Å². The summed E-state index contributed by atoms with van der Waals surface area (Å²) < 4.78 is 5.04. The zero-order valence-electron chi connectivity index (χ0n) is 13.8. The molecule has 4 rings (SSSR count). The van der Waals surface area contributed by atoms with Crippen molar-refractivity contribution in [3.05, 3.63) is 80.2 Å². The Kier molecular flexibility index (Phi) is 4.21. The van der Waals surface area contributed by atoms with Crippen molar-refractivity contribution in [2.45, 2.75) is 12.5 Å². The predicted octanol–water partition coefficient (Wildman–Crippen LogP) is 3.95. The van der Waals surface area contributed by atoms with Crippen LogP contribution in [0.5, 0.6) is 5.75 Å². The summed E-state index contributed by atoms with van der Waals surface area (Å²) in [6.07, 6.45) is 0.406. The molecule has 0 spiro atoms. The van der Waals surface area contributed by atoms with Crippen LogP contribution in [0.15, 0.2) is 62.7 Å². The third-order valence-corrected chi connectivity index (χ3v) is 4.93. The fourth-order valence-electron chi connectivity index (χ4n) is 2.97. The third kappa shape index (κ3) is 3.08. The van der Waals surface area contributed by atoms with Crippen LogP contribution in [0.1, 0.15) is 34.1 Å². The number of phenols is 1. The number of amides is 1. The van der Waals surface area contributed by atoms with Crippen LogP contribution in [0.3, 0.4) is 0 Å². The number of para-hydroxylation sites is 1. The van der Waals surface area contributed by atoms with E-state index in [1.807, 2.05) is 16.8 Å². The second-order valence-corrected chi connectivity index (χ2v) is 6.66. The maximum atomic E-state index is 12.9. The standard InChI is InChI=1S/C18H13N3O5S/c22-15-4-2-1-3-12(15)14-9-13(11-7-8-27-10-11)19-20(14)18(23)16-5-6-17(26-16)21(24)25/h1-8,10,14,22H,9H2/t14-/m1/s1. The molecular weight excluding hydrogens is 370 g/mol. The van der Waals surface area contributed by atoms with Gasteiger partial charge in [-0.1, -0.05) is 18.2 Å². The number of hydrogen-bond donors (Lipinski definition) is 1. The number of phenolic OH excluding ortho intramolecular Hbond substituents is 1. The molecule has 3 aromatic rings. The largest absolute Gasteiger partial charge is 0.508 e. The van der Waals surface area contributed by atoms with Crippen molar-refractivity contribution in [2.24, 2.45) is 5.10 Å². The summed E-state index contributed by atoms with van der Waals surface area (Å²) in [4.78, 5) is 23.0. The average molecular weight is 383 g/mol. The number of carbonyl (C=O) groups excluding carboxylic acids is 1. The summed E-state index contributed by atoms with van der Waals surface area (Å²) in [6, 6.07) is 10.4. The van der Waals surface area contributed by atoms with Crippen LogP contribution in [0.2, 0.25) is 0 Å². The lowest BCUT2D eigenvalue weighted by molar-refractivity contribution is -0.402. The molecular formula is C18H13N3O5S. The number of carbonyl (C=O) groups is 1. The molecule has 27 heavy (non-hydrogen) atoms. The van der Waals surface area contributed by atoms with Crippen molar-refractivity contribution in [3.8, 4) is 5.75 Å². The van der Waals surface area contributed by atoms with Gasteiger partial charge >= 0.3 is 11.8 Å². The van der Waals surface area contributed by atoms with Gasteiger partial charge in [0, 0.05) is 17.5 Å². The molecule has 1 aromatic carbocycles. The van der Waals surface area contributed by atoms with Crippen LogP contribution in [-0.4, -0.2) is 26.7 Å². The zero-order chi connectivity index (χ0) is 19.0. The summed E-state index contributed by atoms with van der Waals surface area (Å²) in [7, 11) is 0. The first-order valence-electron chi connectivity index (χ1n) is 8.00. The predicted molar refractivity (Wildman–Crippen MR) is 97.9 cm³/mol. The molecule has 0 unspecified atom stereocenters. The van der Waals surface area contributed by atoms with Gasteiger partial charge in [0.2, 0.25) is 5.76 Å². The minimum Gasteiger partial charge on any atom is -0.508 e. The van der Waals surface area contributed by atoms with Crippen LogP contribution in [0.25, 0.3) is 0 Å². The van der Waals surface area contributed by atoms with Gasteiger partial charge in [-0.25, -0.2) is 5.01 Å². The average Bonchev–Trinajstić information content (AvgIpc) is 3.40. The number of hydrazone groups is 1. The second kappa shape index (κ2) is 6.69.